The van der Waals surface area contributed by atoms with Crippen molar-refractivity contribution in [3.63, 3.8) is 0 Å². The van der Waals surface area contributed by atoms with Crippen molar-refractivity contribution in [2.75, 3.05) is 27.2 Å². The van der Waals surface area contributed by atoms with Crippen LogP contribution in [-0.4, -0.2) is 60.1 Å². The van der Waals surface area contributed by atoms with Crippen LogP contribution in [0.5, 0.6) is 0 Å². The number of likely N-dealkylation sites (tertiary alicyclic amines) is 1. The third-order valence-electron chi connectivity index (χ3n) is 2.75. The number of likely N-dealkylation sites (N-methyl/N-ethyl adjacent to an activating group) is 2. The zero-order valence-electron chi connectivity index (χ0n) is 10.5. The maximum absolute atomic E-state index is 9.89. The lowest BCUT2D eigenvalue weighted by molar-refractivity contribution is -0.240. The first-order valence-corrected chi connectivity index (χ1v) is 5.56. The van der Waals surface area contributed by atoms with E-state index in [9.17, 15) is 5.11 Å². The average molecular weight is 216 g/mol. The van der Waals surface area contributed by atoms with Gasteiger partial charge in [-0.3, -0.25) is 4.90 Å². The molecule has 4 nitrogen and oxygen atoms in total. The van der Waals surface area contributed by atoms with Gasteiger partial charge in [-0.05, 0) is 47.8 Å². The fraction of sp³-hybridized carbons (Fsp3) is 1.00. The third kappa shape index (κ3) is 4.07. The molecule has 2 atom stereocenters. The summed E-state index contributed by atoms with van der Waals surface area (Å²) in [5.74, 6) is 0. The van der Waals surface area contributed by atoms with Crippen LogP contribution < -0.4 is 0 Å². The number of aliphatic hydroxyl groups excluding tert-OH is 1. The van der Waals surface area contributed by atoms with E-state index in [0.29, 0.717) is 6.04 Å². The Kier molecular flexibility index (Phi) is 4.12. The maximum atomic E-state index is 9.89. The van der Waals surface area contributed by atoms with Crippen molar-refractivity contribution in [2.45, 2.75) is 45.2 Å². The van der Waals surface area contributed by atoms with E-state index in [-0.39, 0.29) is 5.60 Å². The summed E-state index contributed by atoms with van der Waals surface area (Å²) >= 11 is 0. The second-order valence-corrected chi connectivity index (χ2v) is 5.43. The van der Waals surface area contributed by atoms with Gasteiger partial charge in [0.2, 0.25) is 6.41 Å². The summed E-state index contributed by atoms with van der Waals surface area (Å²) in [5, 5.41) is 9.89. The van der Waals surface area contributed by atoms with Crippen LogP contribution in [0.3, 0.4) is 0 Å². The summed E-state index contributed by atoms with van der Waals surface area (Å²) < 4.78 is 5.51. The van der Waals surface area contributed by atoms with E-state index in [2.05, 4.69) is 11.9 Å². The van der Waals surface area contributed by atoms with Gasteiger partial charge in [-0.1, -0.05) is 0 Å². The largest absolute Gasteiger partial charge is 0.356 e. The van der Waals surface area contributed by atoms with Gasteiger partial charge in [-0.15, -0.1) is 0 Å². The normalized spacial score (nSPS) is 26.2. The summed E-state index contributed by atoms with van der Waals surface area (Å²) in [7, 11) is 4.02. The molecule has 0 saturated carbocycles. The van der Waals surface area contributed by atoms with Gasteiger partial charge in [0.25, 0.3) is 0 Å². The minimum Gasteiger partial charge on any atom is -0.356 e. The van der Waals surface area contributed by atoms with E-state index < -0.39 is 6.41 Å². The fourth-order valence-electron chi connectivity index (χ4n) is 1.82. The molecule has 90 valence electrons. The van der Waals surface area contributed by atoms with Gasteiger partial charge >= 0.3 is 0 Å². The summed E-state index contributed by atoms with van der Waals surface area (Å²) in [6.07, 6.45) is 0.291. The van der Waals surface area contributed by atoms with Crippen molar-refractivity contribution in [2.24, 2.45) is 0 Å². The van der Waals surface area contributed by atoms with Gasteiger partial charge in [0.05, 0.1) is 5.60 Å². The van der Waals surface area contributed by atoms with Crippen LogP contribution in [0.25, 0.3) is 0 Å². The van der Waals surface area contributed by atoms with Crippen LogP contribution in [0.4, 0.5) is 0 Å². The van der Waals surface area contributed by atoms with Crippen molar-refractivity contribution < 1.29 is 9.84 Å². The molecule has 0 aromatic heterocycles. The smallest absolute Gasteiger partial charge is 0.216 e. The number of rotatable bonds is 3. The van der Waals surface area contributed by atoms with Crippen molar-refractivity contribution in [3.05, 3.63) is 0 Å². The SMILES string of the molecule is CN1CC[C@@H](N(C)C(O)OC(C)(C)C)C1. The molecular weight excluding hydrogens is 192 g/mol. The minimum atomic E-state index is -0.804. The fourth-order valence-corrected chi connectivity index (χ4v) is 1.82. The quantitative estimate of drug-likeness (QED) is 0.705. The number of nitrogens with zero attached hydrogens (tertiary/aromatic N) is 2. The Morgan fingerprint density at radius 3 is 2.47 bits per heavy atom. The Balaban J connectivity index is 2.42. The highest BCUT2D eigenvalue weighted by molar-refractivity contribution is 4.80. The number of hydrogen-bond acceptors (Lipinski definition) is 4. The molecule has 1 unspecified atom stereocenters. The van der Waals surface area contributed by atoms with E-state index in [1.54, 1.807) is 0 Å². The molecule has 0 radical (unpaired) electrons. The van der Waals surface area contributed by atoms with E-state index in [4.69, 9.17) is 4.74 Å². The molecular formula is C11H24N2O2. The lowest BCUT2D eigenvalue weighted by Crippen LogP contribution is -2.45. The summed E-state index contributed by atoms with van der Waals surface area (Å²) in [5.41, 5.74) is -0.307. The second-order valence-electron chi connectivity index (χ2n) is 5.43. The number of ether oxygens (including phenoxy) is 1. The van der Waals surface area contributed by atoms with Crippen molar-refractivity contribution in [3.8, 4) is 0 Å². The van der Waals surface area contributed by atoms with Crippen molar-refractivity contribution >= 4 is 0 Å². The molecule has 1 aliphatic rings. The lowest BCUT2D eigenvalue weighted by Gasteiger charge is -2.33. The van der Waals surface area contributed by atoms with Crippen LogP contribution in [0.2, 0.25) is 0 Å². The Morgan fingerprint density at radius 2 is 2.07 bits per heavy atom. The Labute approximate surface area is 92.8 Å². The highest BCUT2D eigenvalue weighted by atomic mass is 16.6. The molecule has 0 aromatic carbocycles. The predicted octanol–water partition coefficient (Wildman–Crippen LogP) is 0.713. The number of aliphatic hydroxyl groups is 1. The highest BCUT2D eigenvalue weighted by Gasteiger charge is 2.29. The van der Waals surface area contributed by atoms with Crippen LogP contribution in [0.15, 0.2) is 0 Å². The average Bonchev–Trinajstić information content (AvgIpc) is 2.47. The van der Waals surface area contributed by atoms with Crippen molar-refractivity contribution in [1.82, 2.24) is 9.80 Å². The van der Waals surface area contributed by atoms with E-state index in [0.717, 1.165) is 19.5 Å². The zero-order valence-corrected chi connectivity index (χ0v) is 10.5. The van der Waals surface area contributed by atoms with Gasteiger partial charge < -0.3 is 14.7 Å². The first-order valence-electron chi connectivity index (χ1n) is 5.56. The standard InChI is InChI=1S/C11H24N2O2/c1-11(2,3)15-10(14)13(5)9-6-7-12(4)8-9/h9-10,14H,6-8H2,1-5H3/t9-,10?/m1/s1. The molecule has 1 saturated heterocycles. The Hall–Kier alpha value is -0.160. The van der Waals surface area contributed by atoms with Gasteiger partial charge in [0.1, 0.15) is 0 Å². The van der Waals surface area contributed by atoms with E-state index >= 15 is 0 Å². The summed E-state index contributed by atoms with van der Waals surface area (Å²) in [6.45, 7) is 7.94. The maximum Gasteiger partial charge on any atom is 0.216 e. The second kappa shape index (κ2) is 4.78. The first-order chi connectivity index (χ1) is 6.79. The minimum absolute atomic E-state index is 0.307. The van der Waals surface area contributed by atoms with E-state index in [1.165, 1.54) is 0 Å². The summed E-state index contributed by atoms with van der Waals surface area (Å²) in [4.78, 5) is 4.18. The molecule has 4 heteroatoms. The van der Waals surface area contributed by atoms with Crippen LogP contribution in [0, 0.1) is 0 Å². The monoisotopic (exact) mass is 216 g/mol. The Morgan fingerprint density at radius 1 is 1.47 bits per heavy atom. The van der Waals surface area contributed by atoms with Gasteiger partial charge in [-0.2, -0.15) is 0 Å². The molecule has 1 N–H and O–H groups in total. The first kappa shape index (κ1) is 12.9. The number of hydrogen-bond donors (Lipinski definition) is 1. The van der Waals surface area contributed by atoms with Gasteiger partial charge in [-0.25, -0.2) is 0 Å². The molecule has 1 rings (SSSR count). The van der Waals surface area contributed by atoms with Crippen LogP contribution in [0.1, 0.15) is 27.2 Å². The molecule has 1 heterocycles. The molecule has 1 aliphatic heterocycles. The molecule has 1 fully saturated rings. The topological polar surface area (TPSA) is 35.9 Å². The Bertz CT molecular complexity index is 203. The van der Waals surface area contributed by atoms with Gasteiger partial charge in [0, 0.05) is 12.6 Å². The summed E-state index contributed by atoms with van der Waals surface area (Å²) in [6, 6.07) is 0.396. The van der Waals surface area contributed by atoms with Crippen molar-refractivity contribution in [1.29, 1.82) is 0 Å². The zero-order chi connectivity index (χ0) is 11.6. The van der Waals surface area contributed by atoms with Gasteiger partial charge in [0.15, 0.2) is 0 Å². The highest BCUT2D eigenvalue weighted by Crippen LogP contribution is 2.17. The molecule has 0 amide bonds. The predicted molar refractivity (Wildman–Crippen MR) is 60.5 cm³/mol. The lowest BCUT2D eigenvalue weighted by atomic mass is 10.2. The van der Waals surface area contributed by atoms with E-state index in [1.807, 2.05) is 32.7 Å². The molecule has 0 spiro atoms. The molecule has 0 aliphatic carbocycles. The van der Waals surface area contributed by atoms with Crippen LogP contribution >= 0.6 is 0 Å². The molecule has 15 heavy (non-hydrogen) atoms. The molecule has 0 aromatic rings. The molecule has 0 bridgehead atoms. The third-order valence-corrected chi connectivity index (χ3v) is 2.75. The van der Waals surface area contributed by atoms with Crippen LogP contribution in [-0.2, 0) is 4.74 Å².